The summed E-state index contributed by atoms with van der Waals surface area (Å²) in [5.41, 5.74) is -0.841. The van der Waals surface area contributed by atoms with Crippen LogP contribution in [0.5, 0.6) is 0 Å². The van der Waals surface area contributed by atoms with Crippen molar-refractivity contribution in [3.63, 3.8) is 0 Å². The van der Waals surface area contributed by atoms with Gasteiger partial charge in [-0.3, -0.25) is 14.9 Å². The lowest BCUT2D eigenvalue weighted by Crippen LogP contribution is -2.26. The Morgan fingerprint density at radius 3 is 2.65 bits per heavy atom. The van der Waals surface area contributed by atoms with Gasteiger partial charge in [-0.25, -0.2) is 12.8 Å². The highest BCUT2D eigenvalue weighted by atomic mass is 32.2. The first kappa shape index (κ1) is 16.0. The van der Waals surface area contributed by atoms with Gasteiger partial charge in [-0.05, 0) is 12.5 Å². The molecule has 7 nitrogen and oxygen atoms in total. The van der Waals surface area contributed by atoms with E-state index in [0.29, 0.717) is 0 Å². The average molecular weight is 304 g/mol. The van der Waals surface area contributed by atoms with E-state index in [2.05, 4.69) is 5.32 Å². The number of hydrogen-bond acceptors (Lipinski definition) is 5. The number of carbonyl (C=O) groups excluding carboxylic acids is 1. The van der Waals surface area contributed by atoms with Gasteiger partial charge in [-0.15, -0.1) is 0 Å². The van der Waals surface area contributed by atoms with Gasteiger partial charge in [0.05, 0.1) is 16.2 Å². The molecule has 0 bridgehead atoms. The van der Waals surface area contributed by atoms with Gasteiger partial charge in [-0.2, -0.15) is 0 Å². The summed E-state index contributed by atoms with van der Waals surface area (Å²) in [7, 11) is -3.13. The highest BCUT2D eigenvalue weighted by Crippen LogP contribution is 2.16. The maximum atomic E-state index is 13.4. The minimum atomic E-state index is -3.13. The summed E-state index contributed by atoms with van der Waals surface area (Å²) in [6, 6.07) is 2.63. The van der Waals surface area contributed by atoms with Crippen LogP contribution in [0.1, 0.15) is 16.8 Å². The van der Waals surface area contributed by atoms with Crippen LogP contribution in [-0.4, -0.2) is 37.8 Å². The molecule has 0 saturated heterocycles. The Labute approximate surface area is 114 Å². The van der Waals surface area contributed by atoms with E-state index in [1.807, 2.05) is 0 Å². The minimum Gasteiger partial charge on any atom is -0.352 e. The van der Waals surface area contributed by atoms with Crippen LogP contribution in [0.4, 0.5) is 10.1 Å². The highest BCUT2D eigenvalue weighted by Gasteiger charge is 2.16. The van der Waals surface area contributed by atoms with Crippen molar-refractivity contribution < 1.29 is 22.5 Å². The molecule has 0 unspecified atom stereocenters. The molecule has 0 saturated carbocycles. The molecule has 0 spiro atoms. The number of amides is 1. The molecule has 0 fully saturated rings. The largest absolute Gasteiger partial charge is 0.352 e. The summed E-state index contributed by atoms with van der Waals surface area (Å²) >= 11 is 0. The number of halogens is 1. The van der Waals surface area contributed by atoms with Crippen molar-refractivity contribution in [1.29, 1.82) is 0 Å². The number of carbonyl (C=O) groups is 1. The molecule has 0 aromatic heterocycles. The molecule has 1 aromatic carbocycles. The minimum absolute atomic E-state index is 0.0357. The number of nitro groups is 1. The molecule has 0 aliphatic carbocycles. The number of hydrogen-bond donors (Lipinski definition) is 1. The summed E-state index contributed by atoms with van der Waals surface area (Å²) < 4.78 is 35.1. The van der Waals surface area contributed by atoms with Crippen molar-refractivity contribution in [1.82, 2.24) is 5.32 Å². The predicted molar refractivity (Wildman–Crippen MR) is 69.7 cm³/mol. The zero-order valence-electron chi connectivity index (χ0n) is 10.6. The van der Waals surface area contributed by atoms with E-state index >= 15 is 0 Å². The molecular formula is C11H13FN2O5S. The van der Waals surface area contributed by atoms with E-state index in [9.17, 15) is 27.7 Å². The van der Waals surface area contributed by atoms with Crippen LogP contribution in [0, 0.1) is 15.9 Å². The maximum absolute atomic E-state index is 13.4. The molecule has 1 amide bonds. The standard InChI is InChI=1S/C11H13FN2O5S/c1-20(18,19)6-2-5-13-11(15)9-7-8(14(16)17)3-4-10(9)12/h3-4,7H,2,5-6H2,1H3,(H,13,15). The molecule has 110 valence electrons. The fourth-order valence-electron chi connectivity index (χ4n) is 1.43. The number of nitrogens with one attached hydrogen (secondary N) is 1. The number of benzene rings is 1. The van der Waals surface area contributed by atoms with Crippen molar-refractivity contribution in [3.05, 3.63) is 39.7 Å². The summed E-state index contributed by atoms with van der Waals surface area (Å²) in [4.78, 5) is 21.4. The number of non-ortho nitro benzene ring substituents is 1. The number of sulfone groups is 1. The fraction of sp³-hybridized carbons (Fsp3) is 0.364. The lowest BCUT2D eigenvalue weighted by Gasteiger charge is -2.05. The second-order valence-corrected chi connectivity index (χ2v) is 6.42. The Morgan fingerprint density at radius 1 is 1.45 bits per heavy atom. The SMILES string of the molecule is CS(=O)(=O)CCCNC(=O)c1cc([N+](=O)[O-])ccc1F. The molecule has 1 rings (SSSR count). The Balaban J connectivity index is 2.68. The van der Waals surface area contributed by atoms with Crippen molar-refractivity contribution >= 4 is 21.4 Å². The van der Waals surface area contributed by atoms with Crippen LogP contribution in [-0.2, 0) is 9.84 Å². The first-order chi connectivity index (χ1) is 9.20. The van der Waals surface area contributed by atoms with Gasteiger partial charge < -0.3 is 5.32 Å². The maximum Gasteiger partial charge on any atom is 0.270 e. The van der Waals surface area contributed by atoms with Gasteiger partial charge >= 0.3 is 0 Å². The van der Waals surface area contributed by atoms with Gasteiger partial charge in [0.1, 0.15) is 15.7 Å². The molecular weight excluding hydrogens is 291 g/mol. The number of nitro benzene ring substituents is 1. The van der Waals surface area contributed by atoms with Crippen LogP contribution in [0.3, 0.4) is 0 Å². The second kappa shape index (κ2) is 6.42. The molecule has 9 heteroatoms. The van der Waals surface area contributed by atoms with Crippen molar-refractivity contribution in [2.45, 2.75) is 6.42 Å². The van der Waals surface area contributed by atoms with Crippen molar-refractivity contribution in [2.75, 3.05) is 18.6 Å². The average Bonchev–Trinajstić information content (AvgIpc) is 2.33. The third-order valence-corrected chi connectivity index (χ3v) is 3.41. The molecule has 0 aliphatic heterocycles. The summed E-state index contributed by atoms with van der Waals surface area (Å²) in [5.74, 6) is -1.80. The van der Waals surface area contributed by atoms with Gasteiger partial charge in [0.25, 0.3) is 11.6 Å². The Bertz CT molecular complexity index is 630. The van der Waals surface area contributed by atoms with Crippen LogP contribution < -0.4 is 5.32 Å². The van der Waals surface area contributed by atoms with Gasteiger partial charge in [-0.1, -0.05) is 0 Å². The Morgan fingerprint density at radius 2 is 2.10 bits per heavy atom. The molecule has 1 aromatic rings. The smallest absolute Gasteiger partial charge is 0.270 e. The fourth-order valence-corrected chi connectivity index (χ4v) is 2.10. The van der Waals surface area contributed by atoms with E-state index in [4.69, 9.17) is 0 Å². The third kappa shape index (κ3) is 4.92. The normalized spacial score (nSPS) is 11.1. The molecule has 0 aliphatic rings. The first-order valence-corrected chi connectivity index (χ1v) is 7.66. The molecule has 0 heterocycles. The Hall–Kier alpha value is -2.03. The van der Waals surface area contributed by atoms with Crippen molar-refractivity contribution in [2.24, 2.45) is 0 Å². The van der Waals surface area contributed by atoms with E-state index in [0.717, 1.165) is 24.5 Å². The van der Waals surface area contributed by atoms with Crippen LogP contribution >= 0.6 is 0 Å². The Kier molecular flexibility index (Phi) is 5.14. The number of nitrogens with zero attached hydrogens (tertiary/aromatic N) is 1. The van der Waals surface area contributed by atoms with Gasteiger partial charge in [0, 0.05) is 24.9 Å². The van der Waals surface area contributed by atoms with Gasteiger partial charge in [0.15, 0.2) is 0 Å². The second-order valence-electron chi connectivity index (χ2n) is 4.16. The predicted octanol–water partition coefficient (Wildman–Crippen LogP) is 0.898. The van der Waals surface area contributed by atoms with Gasteiger partial charge in [0.2, 0.25) is 0 Å². The monoisotopic (exact) mass is 304 g/mol. The van der Waals surface area contributed by atoms with Crippen LogP contribution in [0.15, 0.2) is 18.2 Å². The van der Waals surface area contributed by atoms with E-state index in [-0.39, 0.29) is 18.7 Å². The highest BCUT2D eigenvalue weighted by molar-refractivity contribution is 7.90. The van der Waals surface area contributed by atoms with E-state index in [1.54, 1.807) is 0 Å². The summed E-state index contributed by atoms with van der Waals surface area (Å²) in [6.45, 7) is 0.0357. The summed E-state index contributed by atoms with van der Waals surface area (Å²) in [6.07, 6.45) is 1.25. The number of rotatable bonds is 6. The van der Waals surface area contributed by atoms with Crippen LogP contribution in [0.25, 0.3) is 0 Å². The molecule has 0 radical (unpaired) electrons. The molecule has 0 atom stereocenters. The van der Waals surface area contributed by atoms with E-state index < -0.39 is 37.7 Å². The van der Waals surface area contributed by atoms with Crippen LogP contribution in [0.2, 0.25) is 0 Å². The lowest BCUT2D eigenvalue weighted by molar-refractivity contribution is -0.384. The summed E-state index contributed by atoms with van der Waals surface area (Å²) in [5, 5.41) is 12.9. The van der Waals surface area contributed by atoms with E-state index in [1.165, 1.54) is 0 Å². The van der Waals surface area contributed by atoms with Crippen molar-refractivity contribution in [3.8, 4) is 0 Å². The quantitative estimate of drug-likeness (QED) is 0.477. The third-order valence-electron chi connectivity index (χ3n) is 2.38. The molecule has 1 N–H and O–H groups in total. The zero-order valence-corrected chi connectivity index (χ0v) is 11.4. The lowest BCUT2D eigenvalue weighted by atomic mass is 10.1. The molecule has 20 heavy (non-hydrogen) atoms. The zero-order chi connectivity index (χ0) is 15.3. The first-order valence-electron chi connectivity index (χ1n) is 5.60. The topological polar surface area (TPSA) is 106 Å².